The van der Waals surface area contributed by atoms with Crippen molar-refractivity contribution >= 4 is 27.3 Å². The number of nitrogens with zero attached hydrogens (tertiary/aromatic N) is 1. The van der Waals surface area contributed by atoms with Crippen molar-refractivity contribution in [1.29, 1.82) is 0 Å². The number of carbonyl (C=O) groups is 1. The highest BCUT2D eigenvalue weighted by molar-refractivity contribution is 7.89. The Labute approximate surface area is 191 Å². The van der Waals surface area contributed by atoms with Crippen LogP contribution in [0.15, 0.2) is 41.3 Å². The first kappa shape index (κ1) is 25.0. The first-order valence-electron chi connectivity index (χ1n) is 10.4. The summed E-state index contributed by atoms with van der Waals surface area (Å²) in [5.74, 6) is -0.734. The summed E-state index contributed by atoms with van der Waals surface area (Å²) in [7, 11) is -3.84. The number of hydrogen-bond acceptors (Lipinski definition) is 5. The largest absolute Gasteiger partial charge is 0.418 e. The first-order chi connectivity index (χ1) is 15.5. The van der Waals surface area contributed by atoms with Crippen molar-refractivity contribution in [2.45, 2.75) is 31.3 Å². The number of ether oxygens (including phenoxy) is 1. The lowest BCUT2D eigenvalue weighted by atomic mass is 10.1. The molecule has 1 fully saturated rings. The normalized spacial score (nSPS) is 14.9. The van der Waals surface area contributed by atoms with Gasteiger partial charge in [-0.3, -0.25) is 4.79 Å². The van der Waals surface area contributed by atoms with Gasteiger partial charge >= 0.3 is 6.18 Å². The summed E-state index contributed by atoms with van der Waals surface area (Å²) in [5.41, 5.74) is 0.797. The summed E-state index contributed by atoms with van der Waals surface area (Å²) in [6, 6.07) is 8.38. The highest BCUT2D eigenvalue weighted by Crippen LogP contribution is 2.37. The van der Waals surface area contributed by atoms with Gasteiger partial charge in [-0.15, -0.1) is 0 Å². The molecule has 180 valence electrons. The maximum atomic E-state index is 13.6. The molecule has 0 saturated carbocycles. The first-order valence-corrected chi connectivity index (χ1v) is 11.9. The monoisotopic (exact) mass is 485 g/mol. The number of hydrogen-bond donors (Lipinski definition) is 2. The molecule has 1 aliphatic rings. The molecule has 0 spiro atoms. The molecular formula is C22H26F3N3O4S. The summed E-state index contributed by atoms with van der Waals surface area (Å²) in [4.78, 5) is 14.1. The van der Waals surface area contributed by atoms with Gasteiger partial charge in [0, 0.05) is 31.7 Å². The molecule has 1 saturated heterocycles. The van der Waals surface area contributed by atoms with E-state index in [9.17, 15) is 26.4 Å². The summed E-state index contributed by atoms with van der Waals surface area (Å²) in [5, 5.41) is 2.25. The predicted molar refractivity (Wildman–Crippen MR) is 119 cm³/mol. The molecule has 7 nitrogen and oxygen atoms in total. The van der Waals surface area contributed by atoms with Crippen LogP contribution < -0.4 is 14.9 Å². The van der Waals surface area contributed by atoms with E-state index >= 15 is 0 Å². The summed E-state index contributed by atoms with van der Waals surface area (Å²) < 4.78 is 73.2. The SMILES string of the molecule is Cc1ccc(S(=O)(=O)NCCC(=O)Nc2ccc(N3CCOCC3)cc2C(F)(F)F)cc1C. The van der Waals surface area contributed by atoms with Gasteiger partial charge in [0.05, 0.1) is 29.4 Å². The molecule has 0 aromatic heterocycles. The number of alkyl halides is 3. The summed E-state index contributed by atoms with van der Waals surface area (Å²) in [6.45, 7) is 5.19. The van der Waals surface area contributed by atoms with Gasteiger partial charge in [0.15, 0.2) is 0 Å². The fourth-order valence-electron chi connectivity index (χ4n) is 3.37. The molecule has 2 aromatic rings. The average molecular weight is 486 g/mol. The van der Waals surface area contributed by atoms with Crippen LogP contribution in [0.2, 0.25) is 0 Å². The third-order valence-electron chi connectivity index (χ3n) is 5.39. The van der Waals surface area contributed by atoms with Gasteiger partial charge in [-0.1, -0.05) is 6.07 Å². The minimum absolute atomic E-state index is 0.0593. The zero-order valence-electron chi connectivity index (χ0n) is 18.3. The van der Waals surface area contributed by atoms with E-state index in [2.05, 4.69) is 10.0 Å². The minimum Gasteiger partial charge on any atom is -0.378 e. The highest BCUT2D eigenvalue weighted by Gasteiger charge is 2.35. The molecule has 0 unspecified atom stereocenters. The van der Waals surface area contributed by atoms with E-state index in [0.717, 1.165) is 17.2 Å². The Bertz CT molecular complexity index is 1110. The Morgan fingerprint density at radius 2 is 1.76 bits per heavy atom. The minimum atomic E-state index is -4.67. The van der Waals surface area contributed by atoms with Crippen LogP contribution in [0.25, 0.3) is 0 Å². The Hall–Kier alpha value is -2.63. The van der Waals surface area contributed by atoms with E-state index in [-0.39, 0.29) is 23.5 Å². The third kappa shape index (κ3) is 6.46. The lowest BCUT2D eigenvalue weighted by Gasteiger charge is -2.29. The van der Waals surface area contributed by atoms with Crippen LogP contribution in [-0.4, -0.2) is 47.2 Å². The van der Waals surface area contributed by atoms with Crippen LogP contribution in [0.4, 0.5) is 24.5 Å². The lowest BCUT2D eigenvalue weighted by molar-refractivity contribution is -0.136. The van der Waals surface area contributed by atoms with E-state index in [0.29, 0.717) is 32.0 Å². The Morgan fingerprint density at radius 1 is 1.06 bits per heavy atom. The Morgan fingerprint density at radius 3 is 2.39 bits per heavy atom. The molecule has 2 N–H and O–H groups in total. The number of aryl methyl sites for hydroxylation is 2. The van der Waals surface area contributed by atoms with Gasteiger partial charge in [0.1, 0.15) is 0 Å². The van der Waals surface area contributed by atoms with Crippen LogP contribution in [-0.2, 0) is 25.7 Å². The number of morpholine rings is 1. The smallest absolute Gasteiger partial charge is 0.378 e. The number of sulfonamides is 1. The van der Waals surface area contributed by atoms with Crippen LogP contribution >= 0.6 is 0 Å². The van der Waals surface area contributed by atoms with E-state index in [4.69, 9.17) is 4.74 Å². The van der Waals surface area contributed by atoms with Crippen molar-refractivity contribution in [2.75, 3.05) is 43.1 Å². The van der Waals surface area contributed by atoms with E-state index < -0.39 is 27.7 Å². The number of benzene rings is 2. The molecule has 0 radical (unpaired) electrons. The molecule has 0 aliphatic carbocycles. The fraction of sp³-hybridized carbons (Fsp3) is 0.409. The van der Waals surface area contributed by atoms with Gasteiger partial charge in [-0.25, -0.2) is 13.1 Å². The van der Waals surface area contributed by atoms with Gasteiger partial charge in [-0.2, -0.15) is 13.2 Å². The lowest BCUT2D eigenvalue weighted by Crippen LogP contribution is -2.36. The zero-order valence-corrected chi connectivity index (χ0v) is 19.1. The van der Waals surface area contributed by atoms with Crippen molar-refractivity contribution < 1.29 is 31.1 Å². The van der Waals surface area contributed by atoms with E-state index in [1.165, 1.54) is 24.3 Å². The van der Waals surface area contributed by atoms with Crippen molar-refractivity contribution in [1.82, 2.24) is 4.72 Å². The van der Waals surface area contributed by atoms with Crippen LogP contribution in [0, 0.1) is 13.8 Å². The van der Waals surface area contributed by atoms with E-state index in [1.54, 1.807) is 17.9 Å². The number of carbonyl (C=O) groups excluding carboxylic acids is 1. The number of nitrogens with one attached hydrogen (secondary N) is 2. The van der Waals surface area contributed by atoms with E-state index in [1.807, 2.05) is 6.92 Å². The van der Waals surface area contributed by atoms with Crippen LogP contribution in [0.5, 0.6) is 0 Å². The second kappa shape index (κ2) is 10.1. The zero-order chi connectivity index (χ0) is 24.2. The van der Waals surface area contributed by atoms with Crippen LogP contribution in [0.1, 0.15) is 23.1 Å². The van der Waals surface area contributed by atoms with Crippen LogP contribution in [0.3, 0.4) is 0 Å². The molecule has 0 atom stereocenters. The van der Waals surface area contributed by atoms with Gasteiger partial charge in [0.25, 0.3) is 0 Å². The molecule has 0 bridgehead atoms. The molecule has 1 amide bonds. The molecule has 11 heteroatoms. The number of halogens is 3. The third-order valence-corrected chi connectivity index (χ3v) is 6.85. The van der Waals surface area contributed by atoms with Gasteiger partial charge in [0.2, 0.25) is 15.9 Å². The number of anilines is 2. The second-order valence-corrected chi connectivity index (χ2v) is 9.54. The maximum Gasteiger partial charge on any atom is 0.418 e. The number of rotatable bonds is 7. The standard InChI is InChI=1S/C22H26F3N3O4S/c1-15-3-5-18(13-16(15)2)33(30,31)26-8-7-21(29)27-20-6-4-17(14-19(20)22(23,24)25)28-9-11-32-12-10-28/h3-6,13-14,26H,7-12H2,1-2H3,(H,27,29). The maximum absolute atomic E-state index is 13.6. The van der Waals surface area contributed by atoms with Crippen molar-refractivity contribution in [3.05, 3.63) is 53.1 Å². The van der Waals surface area contributed by atoms with Crippen molar-refractivity contribution in [3.63, 3.8) is 0 Å². The fourth-order valence-corrected chi connectivity index (χ4v) is 4.49. The van der Waals surface area contributed by atoms with Crippen molar-refractivity contribution in [2.24, 2.45) is 0 Å². The van der Waals surface area contributed by atoms with Crippen molar-refractivity contribution in [3.8, 4) is 0 Å². The predicted octanol–water partition coefficient (Wildman–Crippen LogP) is 3.47. The van der Waals surface area contributed by atoms with Gasteiger partial charge in [-0.05, 0) is 55.3 Å². The molecule has 1 aliphatic heterocycles. The molecular weight excluding hydrogens is 459 g/mol. The molecule has 1 heterocycles. The number of amides is 1. The quantitative estimate of drug-likeness (QED) is 0.627. The molecule has 33 heavy (non-hydrogen) atoms. The highest BCUT2D eigenvalue weighted by atomic mass is 32.2. The summed E-state index contributed by atoms with van der Waals surface area (Å²) in [6.07, 6.45) is -5.00. The molecule has 3 rings (SSSR count). The molecule has 2 aromatic carbocycles. The van der Waals surface area contributed by atoms with Gasteiger partial charge < -0.3 is 15.0 Å². The Kier molecular flexibility index (Phi) is 7.65. The summed E-state index contributed by atoms with van der Waals surface area (Å²) >= 11 is 0. The topological polar surface area (TPSA) is 87.7 Å². The second-order valence-electron chi connectivity index (χ2n) is 7.77. The average Bonchev–Trinajstić information content (AvgIpc) is 2.75. The Balaban J connectivity index is 1.65.